The molecule has 0 unspecified atom stereocenters. The first-order valence-corrected chi connectivity index (χ1v) is 8.80. The van der Waals surface area contributed by atoms with Gasteiger partial charge in [0.25, 0.3) is 0 Å². The van der Waals surface area contributed by atoms with Crippen molar-refractivity contribution in [3.8, 4) is 0 Å². The zero-order chi connectivity index (χ0) is 15.3. The molecular formula is C14H24N4O2S. The molecule has 0 radical (unpaired) electrons. The van der Waals surface area contributed by atoms with Gasteiger partial charge in [0.1, 0.15) is 4.90 Å². The normalized spacial score (nSPS) is 16.8. The number of sulfonamides is 1. The van der Waals surface area contributed by atoms with Crippen molar-refractivity contribution in [2.24, 2.45) is 0 Å². The van der Waals surface area contributed by atoms with Gasteiger partial charge in [-0.3, -0.25) is 0 Å². The van der Waals surface area contributed by atoms with E-state index < -0.39 is 10.0 Å². The number of nitrogens with zero attached hydrogens (tertiary/aromatic N) is 1. The predicted octanol–water partition coefficient (Wildman–Crippen LogP) is 1.07. The van der Waals surface area contributed by atoms with E-state index in [4.69, 9.17) is 5.73 Å². The molecule has 2 rings (SSSR count). The molecule has 1 aromatic rings. The highest BCUT2D eigenvalue weighted by molar-refractivity contribution is 7.89. The van der Waals surface area contributed by atoms with Crippen LogP contribution in [0.2, 0.25) is 0 Å². The summed E-state index contributed by atoms with van der Waals surface area (Å²) in [6, 6.07) is 4.91. The molecule has 118 valence electrons. The molecule has 0 spiro atoms. The van der Waals surface area contributed by atoms with E-state index in [1.54, 1.807) is 12.1 Å². The minimum absolute atomic E-state index is 0.198. The van der Waals surface area contributed by atoms with Crippen molar-refractivity contribution in [3.63, 3.8) is 0 Å². The zero-order valence-corrected chi connectivity index (χ0v) is 13.2. The Labute approximate surface area is 126 Å². The van der Waals surface area contributed by atoms with Gasteiger partial charge in [-0.15, -0.1) is 0 Å². The second kappa shape index (κ2) is 7.11. The molecule has 1 aromatic carbocycles. The first-order valence-electron chi connectivity index (χ1n) is 7.32. The number of benzene rings is 1. The summed E-state index contributed by atoms with van der Waals surface area (Å²) in [5, 5.41) is 3.21. The number of likely N-dealkylation sites (tertiary alicyclic amines) is 1. The van der Waals surface area contributed by atoms with Crippen LogP contribution < -0.4 is 15.8 Å². The fraction of sp³-hybridized carbons (Fsp3) is 0.571. The van der Waals surface area contributed by atoms with Gasteiger partial charge in [0.05, 0.1) is 5.69 Å². The van der Waals surface area contributed by atoms with Gasteiger partial charge in [-0.05, 0) is 51.2 Å². The Morgan fingerprint density at radius 2 is 1.95 bits per heavy atom. The molecule has 0 aromatic heterocycles. The zero-order valence-electron chi connectivity index (χ0n) is 12.4. The van der Waals surface area contributed by atoms with Gasteiger partial charge in [0.2, 0.25) is 10.0 Å². The molecule has 21 heavy (non-hydrogen) atoms. The molecule has 1 fully saturated rings. The Balaban J connectivity index is 2.02. The van der Waals surface area contributed by atoms with Gasteiger partial charge in [-0.1, -0.05) is 6.42 Å². The van der Waals surface area contributed by atoms with Crippen LogP contribution >= 0.6 is 0 Å². The molecule has 1 aliphatic rings. The number of nitrogens with two attached hydrogens (primary N) is 1. The number of nitrogens with one attached hydrogen (secondary N) is 2. The van der Waals surface area contributed by atoms with Crippen LogP contribution in [-0.4, -0.2) is 46.5 Å². The SMILES string of the molecule is CNS(=O)(=O)c1cc(N)ccc1NCCN1CCCCC1. The van der Waals surface area contributed by atoms with Crippen LogP contribution in [0.4, 0.5) is 11.4 Å². The van der Waals surface area contributed by atoms with Gasteiger partial charge in [-0.2, -0.15) is 0 Å². The first-order chi connectivity index (χ1) is 10.0. The monoisotopic (exact) mass is 312 g/mol. The van der Waals surface area contributed by atoms with Gasteiger partial charge in [-0.25, -0.2) is 13.1 Å². The van der Waals surface area contributed by atoms with E-state index in [9.17, 15) is 8.42 Å². The van der Waals surface area contributed by atoms with E-state index in [0.29, 0.717) is 11.4 Å². The number of hydrogen-bond donors (Lipinski definition) is 3. The maximum absolute atomic E-state index is 12.0. The number of nitrogen functional groups attached to an aromatic ring is 1. The molecule has 0 saturated carbocycles. The third kappa shape index (κ3) is 4.33. The quantitative estimate of drug-likeness (QED) is 0.684. The second-order valence-corrected chi connectivity index (χ2v) is 7.15. The van der Waals surface area contributed by atoms with Crippen molar-refractivity contribution >= 4 is 21.4 Å². The van der Waals surface area contributed by atoms with Crippen molar-refractivity contribution in [1.29, 1.82) is 0 Å². The van der Waals surface area contributed by atoms with Crippen molar-refractivity contribution in [3.05, 3.63) is 18.2 Å². The smallest absolute Gasteiger partial charge is 0.242 e. The summed E-state index contributed by atoms with van der Waals surface area (Å²) in [7, 11) is -2.11. The minimum Gasteiger partial charge on any atom is -0.399 e. The Bertz CT molecular complexity index is 568. The van der Waals surface area contributed by atoms with E-state index >= 15 is 0 Å². The average molecular weight is 312 g/mol. The number of rotatable bonds is 6. The molecule has 0 bridgehead atoms. The van der Waals surface area contributed by atoms with Gasteiger partial charge in [0, 0.05) is 18.8 Å². The standard InChI is InChI=1S/C14H24N4O2S/c1-16-21(19,20)14-11-12(15)5-6-13(14)17-7-10-18-8-3-2-4-9-18/h5-6,11,16-17H,2-4,7-10,15H2,1H3. The second-order valence-electron chi connectivity index (χ2n) is 5.29. The first kappa shape index (κ1) is 16.1. The summed E-state index contributed by atoms with van der Waals surface area (Å²) in [5.74, 6) is 0. The molecule has 1 aliphatic heterocycles. The molecule has 0 aliphatic carbocycles. The Morgan fingerprint density at radius 1 is 1.24 bits per heavy atom. The van der Waals surface area contributed by atoms with Crippen LogP contribution in [0.25, 0.3) is 0 Å². The molecule has 6 nitrogen and oxygen atoms in total. The Morgan fingerprint density at radius 3 is 2.62 bits per heavy atom. The fourth-order valence-corrected chi connectivity index (χ4v) is 3.49. The van der Waals surface area contributed by atoms with Crippen LogP contribution in [-0.2, 0) is 10.0 Å². The summed E-state index contributed by atoms with van der Waals surface area (Å²) in [4.78, 5) is 2.60. The lowest BCUT2D eigenvalue weighted by molar-refractivity contribution is 0.237. The lowest BCUT2D eigenvalue weighted by Gasteiger charge is -2.26. The highest BCUT2D eigenvalue weighted by Gasteiger charge is 2.17. The van der Waals surface area contributed by atoms with Crippen LogP contribution in [0.15, 0.2) is 23.1 Å². The third-order valence-corrected chi connectivity index (χ3v) is 5.21. The highest BCUT2D eigenvalue weighted by Crippen LogP contribution is 2.23. The average Bonchev–Trinajstić information content (AvgIpc) is 2.49. The van der Waals surface area contributed by atoms with E-state index in [1.807, 2.05) is 0 Å². The highest BCUT2D eigenvalue weighted by atomic mass is 32.2. The maximum atomic E-state index is 12.0. The van der Waals surface area contributed by atoms with Crippen LogP contribution in [0.3, 0.4) is 0 Å². The molecule has 0 amide bonds. The summed E-state index contributed by atoms with van der Waals surface area (Å²) in [6.07, 6.45) is 3.81. The largest absolute Gasteiger partial charge is 0.399 e. The summed E-state index contributed by atoms with van der Waals surface area (Å²) >= 11 is 0. The van der Waals surface area contributed by atoms with Crippen molar-refractivity contribution in [2.75, 3.05) is 44.3 Å². The lowest BCUT2D eigenvalue weighted by atomic mass is 10.1. The summed E-state index contributed by atoms with van der Waals surface area (Å²) in [6.45, 7) is 3.90. The van der Waals surface area contributed by atoms with Crippen LogP contribution in [0.5, 0.6) is 0 Å². The third-order valence-electron chi connectivity index (χ3n) is 3.76. The Hall–Kier alpha value is -1.31. The predicted molar refractivity (Wildman–Crippen MR) is 85.9 cm³/mol. The van der Waals surface area contributed by atoms with Crippen molar-refractivity contribution < 1.29 is 8.42 Å². The Kier molecular flexibility index (Phi) is 5.44. The molecule has 1 heterocycles. The summed E-state index contributed by atoms with van der Waals surface area (Å²) < 4.78 is 26.4. The van der Waals surface area contributed by atoms with Gasteiger partial charge in [0.15, 0.2) is 0 Å². The molecule has 0 atom stereocenters. The van der Waals surface area contributed by atoms with E-state index in [0.717, 1.165) is 26.2 Å². The van der Waals surface area contributed by atoms with E-state index in [2.05, 4.69) is 14.9 Å². The lowest BCUT2D eigenvalue weighted by Crippen LogP contribution is -2.34. The molecule has 4 N–H and O–H groups in total. The van der Waals surface area contributed by atoms with Gasteiger partial charge < -0.3 is 16.0 Å². The fourth-order valence-electron chi connectivity index (χ4n) is 2.55. The minimum atomic E-state index is -3.51. The number of anilines is 2. The maximum Gasteiger partial charge on any atom is 0.242 e. The van der Waals surface area contributed by atoms with Gasteiger partial charge >= 0.3 is 0 Å². The molecular weight excluding hydrogens is 288 g/mol. The van der Waals surface area contributed by atoms with E-state index in [-0.39, 0.29) is 4.90 Å². The van der Waals surface area contributed by atoms with E-state index in [1.165, 1.54) is 32.4 Å². The number of piperidine rings is 1. The summed E-state index contributed by atoms with van der Waals surface area (Å²) in [5.41, 5.74) is 6.72. The van der Waals surface area contributed by atoms with Crippen LogP contribution in [0, 0.1) is 0 Å². The molecule has 7 heteroatoms. The number of hydrogen-bond acceptors (Lipinski definition) is 5. The molecule has 1 saturated heterocycles. The van der Waals surface area contributed by atoms with Crippen LogP contribution in [0.1, 0.15) is 19.3 Å². The topological polar surface area (TPSA) is 87.5 Å². The van der Waals surface area contributed by atoms with Crippen molar-refractivity contribution in [2.45, 2.75) is 24.2 Å². The van der Waals surface area contributed by atoms with Crippen molar-refractivity contribution in [1.82, 2.24) is 9.62 Å².